The van der Waals surface area contributed by atoms with Crippen LogP contribution in [0.15, 0.2) is 18.2 Å². The Morgan fingerprint density at radius 1 is 1.42 bits per heavy atom. The van der Waals surface area contributed by atoms with Crippen LogP contribution in [0.2, 0.25) is 0 Å². The summed E-state index contributed by atoms with van der Waals surface area (Å²) in [4.78, 5) is 14.2. The molecule has 19 heavy (non-hydrogen) atoms. The molecule has 1 unspecified atom stereocenters. The number of hydrogen-bond donors (Lipinski definition) is 2. The summed E-state index contributed by atoms with van der Waals surface area (Å²) in [6, 6.07) is 4.65. The van der Waals surface area contributed by atoms with E-state index in [0.717, 1.165) is 25.7 Å². The number of phenols is 2. The summed E-state index contributed by atoms with van der Waals surface area (Å²) in [5.74, 6) is -0.223. The molecule has 1 amide bonds. The van der Waals surface area contributed by atoms with Crippen LogP contribution in [-0.2, 0) is 0 Å². The van der Waals surface area contributed by atoms with Gasteiger partial charge < -0.3 is 15.1 Å². The Labute approximate surface area is 117 Å². The molecule has 0 radical (unpaired) electrons. The molecule has 104 valence electrons. The second-order valence-corrected chi connectivity index (χ2v) is 5.18. The van der Waals surface area contributed by atoms with Gasteiger partial charge in [-0.1, -0.05) is 6.07 Å². The second kappa shape index (κ2) is 6.15. The van der Waals surface area contributed by atoms with Crippen molar-refractivity contribution in [2.75, 3.05) is 12.4 Å². The highest BCUT2D eigenvalue weighted by Crippen LogP contribution is 2.31. The quantitative estimate of drug-likeness (QED) is 0.660. The minimum absolute atomic E-state index is 0.165. The fraction of sp³-hybridized carbons (Fsp3) is 0.500. The van der Waals surface area contributed by atoms with E-state index in [1.807, 2.05) is 0 Å². The van der Waals surface area contributed by atoms with Gasteiger partial charge in [0, 0.05) is 18.5 Å². The Morgan fingerprint density at radius 3 is 2.95 bits per heavy atom. The molecule has 1 atom stereocenters. The zero-order chi connectivity index (χ0) is 13.8. The van der Waals surface area contributed by atoms with Crippen molar-refractivity contribution in [1.82, 2.24) is 4.90 Å². The first-order valence-electron chi connectivity index (χ1n) is 6.53. The van der Waals surface area contributed by atoms with E-state index in [1.54, 1.807) is 11.0 Å². The number of alkyl halides is 1. The number of likely N-dealkylation sites (tertiary alicyclic amines) is 1. The third-order valence-corrected chi connectivity index (χ3v) is 3.82. The molecular weight excluding hydrogens is 266 g/mol. The lowest BCUT2D eigenvalue weighted by Gasteiger charge is -2.25. The van der Waals surface area contributed by atoms with Crippen molar-refractivity contribution in [2.24, 2.45) is 0 Å². The SMILES string of the molecule is O=C(c1cccc(O)c1O)N1CCCC1CCCCl. The molecule has 1 aromatic rings. The average Bonchev–Trinajstić information content (AvgIpc) is 2.87. The van der Waals surface area contributed by atoms with Crippen molar-refractivity contribution in [3.63, 3.8) is 0 Å². The van der Waals surface area contributed by atoms with Crippen molar-refractivity contribution in [3.8, 4) is 11.5 Å². The highest BCUT2D eigenvalue weighted by atomic mass is 35.5. The van der Waals surface area contributed by atoms with Gasteiger partial charge in [-0.15, -0.1) is 11.6 Å². The number of para-hydroxylation sites is 1. The molecule has 5 heteroatoms. The predicted molar refractivity (Wildman–Crippen MR) is 73.8 cm³/mol. The summed E-state index contributed by atoms with van der Waals surface area (Å²) in [6.07, 6.45) is 3.71. The van der Waals surface area contributed by atoms with Crippen LogP contribution in [0.4, 0.5) is 0 Å². The summed E-state index contributed by atoms with van der Waals surface area (Å²) in [5, 5.41) is 19.2. The van der Waals surface area contributed by atoms with Gasteiger partial charge >= 0.3 is 0 Å². The molecule has 0 bridgehead atoms. The number of amides is 1. The van der Waals surface area contributed by atoms with Gasteiger partial charge in [0.15, 0.2) is 11.5 Å². The van der Waals surface area contributed by atoms with Crippen LogP contribution in [0.1, 0.15) is 36.0 Å². The van der Waals surface area contributed by atoms with E-state index in [1.165, 1.54) is 12.1 Å². The molecule has 1 aliphatic heterocycles. The number of halogens is 1. The lowest BCUT2D eigenvalue weighted by atomic mass is 10.1. The zero-order valence-corrected chi connectivity index (χ0v) is 11.4. The molecule has 0 saturated carbocycles. The molecule has 0 aliphatic carbocycles. The first kappa shape index (κ1) is 14.0. The molecule has 2 N–H and O–H groups in total. The molecule has 1 fully saturated rings. The van der Waals surface area contributed by atoms with Gasteiger partial charge in [-0.05, 0) is 37.8 Å². The lowest BCUT2D eigenvalue weighted by molar-refractivity contribution is 0.0726. The summed E-state index contributed by atoms with van der Waals surface area (Å²) < 4.78 is 0. The smallest absolute Gasteiger partial charge is 0.258 e. The van der Waals surface area contributed by atoms with Crippen LogP contribution in [0.5, 0.6) is 11.5 Å². The van der Waals surface area contributed by atoms with Gasteiger partial charge in [-0.2, -0.15) is 0 Å². The number of phenolic OH excluding ortho intramolecular Hbond substituents is 2. The lowest BCUT2D eigenvalue weighted by Crippen LogP contribution is -2.35. The number of nitrogens with zero attached hydrogens (tertiary/aromatic N) is 1. The fourth-order valence-electron chi connectivity index (χ4n) is 2.57. The van der Waals surface area contributed by atoms with Crippen molar-refractivity contribution in [3.05, 3.63) is 23.8 Å². The maximum Gasteiger partial charge on any atom is 0.258 e. The number of hydrogen-bond acceptors (Lipinski definition) is 3. The maximum atomic E-state index is 12.4. The van der Waals surface area contributed by atoms with E-state index in [-0.39, 0.29) is 29.0 Å². The van der Waals surface area contributed by atoms with Crippen molar-refractivity contribution >= 4 is 17.5 Å². The number of carbonyl (C=O) groups excluding carboxylic acids is 1. The van der Waals surface area contributed by atoms with E-state index < -0.39 is 0 Å². The van der Waals surface area contributed by atoms with Gasteiger partial charge in [-0.25, -0.2) is 0 Å². The molecule has 0 spiro atoms. The van der Waals surface area contributed by atoms with Crippen molar-refractivity contribution in [1.29, 1.82) is 0 Å². The Bertz CT molecular complexity index is 464. The Kier molecular flexibility index (Phi) is 4.53. The van der Waals surface area contributed by atoms with E-state index >= 15 is 0 Å². The molecule has 2 rings (SSSR count). The number of benzene rings is 1. The summed E-state index contributed by atoms with van der Waals surface area (Å²) in [5.41, 5.74) is 0.165. The molecule has 1 aliphatic rings. The summed E-state index contributed by atoms with van der Waals surface area (Å²) >= 11 is 5.69. The zero-order valence-electron chi connectivity index (χ0n) is 10.7. The molecule has 1 saturated heterocycles. The molecule has 1 heterocycles. The van der Waals surface area contributed by atoms with Crippen LogP contribution in [0, 0.1) is 0 Å². The van der Waals surface area contributed by atoms with E-state index in [2.05, 4.69) is 0 Å². The van der Waals surface area contributed by atoms with Crippen LogP contribution < -0.4 is 0 Å². The summed E-state index contributed by atoms with van der Waals surface area (Å²) in [6.45, 7) is 0.695. The Hall–Kier alpha value is -1.42. The first-order chi connectivity index (χ1) is 9.15. The third-order valence-electron chi connectivity index (χ3n) is 3.55. The third kappa shape index (κ3) is 2.95. The highest BCUT2D eigenvalue weighted by Gasteiger charge is 2.30. The predicted octanol–water partition coefficient (Wildman–Crippen LogP) is 2.72. The fourth-order valence-corrected chi connectivity index (χ4v) is 2.73. The number of carbonyl (C=O) groups is 1. The number of rotatable bonds is 4. The monoisotopic (exact) mass is 283 g/mol. The minimum Gasteiger partial charge on any atom is -0.504 e. The second-order valence-electron chi connectivity index (χ2n) is 4.80. The van der Waals surface area contributed by atoms with E-state index in [0.29, 0.717) is 12.4 Å². The van der Waals surface area contributed by atoms with Crippen LogP contribution in [0.25, 0.3) is 0 Å². The standard InChI is InChI=1S/C14H18ClNO3/c15-8-2-4-10-5-3-9-16(10)14(19)11-6-1-7-12(17)13(11)18/h1,6-7,10,17-18H,2-5,8-9H2. The highest BCUT2D eigenvalue weighted by molar-refractivity contribution is 6.17. The van der Waals surface area contributed by atoms with Crippen LogP contribution >= 0.6 is 11.6 Å². The number of aromatic hydroxyl groups is 2. The summed E-state index contributed by atoms with van der Waals surface area (Å²) in [7, 11) is 0. The van der Waals surface area contributed by atoms with Crippen molar-refractivity contribution in [2.45, 2.75) is 31.7 Å². The van der Waals surface area contributed by atoms with Gasteiger partial charge in [0.1, 0.15) is 0 Å². The minimum atomic E-state index is -0.338. The maximum absolute atomic E-state index is 12.4. The molecule has 0 aromatic heterocycles. The van der Waals surface area contributed by atoms with Gasteiger partial charge in [0.2, 0.25) is 0 Å². The normalized spacial score (nSPS) is 18.8. The first-order valence-corrected chi connectivity index (χ1v) is 7.06. The molecular formula is C14H18ClNO3. The van der Waals surface area contributed by atoms with Gasteiger partial charge in [0.05, 0.1) is 5.56 Å². The van der Waals surface area contributed by atoms with Crippen LogP contribution in [-0.4, -0.2) is 39.5 Å². The molecule has 1 aromatic carbocycles. The van der Waals surface area contributed by atoms with E-state index in [4.69, 9.17) is 11.6 Å². The molecule has 4 nitrogen and oxygen atoms in total. The van der Waals surface area contributed by atoms with Gasteiger partial charge in [0.25, 0.3) is 5.91 Å². The largest absolute Gasteiger partial charge is 0.504 e. The van der Waals surface area contributed by atoms with Gasteiger partial charge in [-0.3, -0.25) is 4.79 Å². The van der Waals surface area contributed by atoms with E-state index in [9.17, 15) is 15.0 Å². The van der Waals surface area contributed by atoms with Crippen molar-refractivity contribution < 1.29 is 15.0 Å². The average molecular weight is 284 g/mol. The van der Waals surface area contributed by atoms with Crippen LogP contribution in [0.3, 0.4) is 0 Å². The Morgan fingerprint density at radius 2 is 2.21 bits per heavy atom. The Balaban J connectivity index is 2.16. The topological polar surface area (TPSA) is 60.8 Å².